The fourth-order valence-corrected chi connectivity index (χ4v) is 2.36. The van der Waals surface area contributed by atoms with E-state index in [-0.39, 0.29) is 18.2 Å². The van der Waals surface area contributed by atoms with Gasteiger partial charge in [-0.1, -0.05) is 0 Å². The monoisotopic (exact) mass is 292 g/mol. The molecule has 1 saturated heterocycles. The van der Waals surface area contributed by atoms with Crippen molar-refractivity contribution in [2.24, 2.45) is 0 Å². The Morgan fingerprint density at radius 3 is 2.86 bits per heavy atom. The first kappa shape index (κ1) is 15.7. The maximum atomic E-state index is 12.0. The molecule has 1 aliphatic rings. The Labute approximate surface area is 125 Å². The quantitative estimate of drug-likeness (QED) is 0.924. The van der Waals surface area contributed by atoms with Gasteiger partial charge >= 0.3 is 6.09 Å². The van der Waals surface area contributed by atoms with E-state index >= 15 is 0 Å². The summed E-state index contributed by atoms with van der Waals surface area (Å²) >= 11 is 0. The lowest BCUT2D eigenvalue weighted by Crippen LogP contribution is -2.39. The number of amides is 1. The Hall–Kier alpha value is -1.69. The average molecular weight is 292 g/mol. The van der Waals surface area contributed by atoms with Crippen molar-refractivity contribution in [2.75, 3.05) is 13.1 Å². The zero-order valence-corrected chi connectivity index (χ0v) is 13.2. The van der Waals surface area contributed by atoms with E-state index in [2.05, 4.69) is 22.2 Å². The van der Waals surface area contributed by atoms with Crippen LogP contribution in [0, 0.1) is 0 Å². The molecule has 116 valence electrons. The molecule has 1 aromatic heterocycles. The third-order valence-electron chi connectivity index (χ3n) is 3.35. The lowest BCUT2D eigenvalue weighted by molar-refractivity contribution is 0.0290. The molecule has 6 nitrogen and oxygen atoms in total. The fraction of sp³-hybridized carbons (Fsp3) is 0.667. The molecule has 0 spiro atoms. The molecule has 1 aliphatic heterocycles. The van der Waals surface area contributed by atoms with Gasteiger partial charge in [-0.3, -0.25) is 9.97 Å². The van der Waals surface area contributed by atoms with Gasteiger partial charge in [0.05, 0.1) is 5.69 Å². The standard InChI is InChI=1S/C15H24N4O2/c1-11(13-9-16-6-7-17-13)18-12-5-8-19(10-12)14(20)21-15(2,3)4/h6-7,9,11-12,18H,5,8,10H2,1-4H3/t11-,12-/m0/s1. The van der Waals surface area contributed by atoms with E-state index < -0.39 is 5.60 Å². The van der Waals surface area contributed by atoms with Crippen LogP contribution in [-0.2, 0) is 4.74 Å². The minimum absolute atomic E-state index is 0.113. The molecule has 0 radical (unpaired) electrons. The van der Waals surface area contributed by atoms with Crippen molar-refractivity contribution >= 4 is 6.09 Å². The lowest BCUT2D eigenvalue weighted by Gasteiger charge is -2.25. The number of aromatic nitrogens is 2. The van der Waals surface area contributed by atoms with Gasteiger partial charge in [-0.25, -0.2) is 4.79 Å². The molecule has 2 atom stereocenters. The van der Waals surface area contributed by atoms with E-state index in [4.69, 9.17) is 4.74 Å². The number of rotatable bonds is 3. The molecular formula is C15H24N4O2. The molecule has 0 aliphatic carbocycles. The first-order valence-electron chi connectivity index (χ1n) is 7.35. The molecule has 21 heavy (non-hydrogen) atoms. The van der Waals surface area contributed by atoms with E-state index in [1.54, 1.807) is 23.5 Å². The Bertz CT molecular complexity index is 472. The second-order valence-electron chi connectivity index (χ2n) is 6.43. The summed E-state index contributed by atoms with van der Waals surface area (Å²) in [5.74, 6) is 0. The SMILES string of the molecule is C[C@H](N[C@H]1CCN(C(=O)OC(C)(C)C)C1)c1cnccn1. The highest BCUT2D eigenvalue weighted by Gasteiger charge is 2.30. The second kappa shape index (κ2) is 6.39. The first-order chi connectivity index (χ1) is 9.85. The molecule has 2 rings (SSSR count). The van der Waals surface area contributed by atoms with Gasteiger partial charge in [0.25, 0.3) is 0 Å². The highest BCUT2D eigenvalue weighted by atomic mass is 16.6. The number of hydrogen-bond donors (Lipinski definition) is 1. The first-order valence-corrected chi connectivity index (χ1v) is 7.35. The summed E-state index contributed by atoms with van der Waals surface area (Å²) in [6.45, 7) is 9.09. The van der Waals surface area contributed by atoms with Crippen LogP contribution in [-0.4, -0.2) is 45.7 Å². The lowest BCUT2D eigenvalue weighted by atomic mass is 10.2. The van der Waals surface area contributed by atoms with Gasteiger partial charge in [0.1, 0.15) is 5.60 Å². The highest BCUT2D eigenvalue weighted by Crippen LogP contribution is 2.17. The molecule has 0 saturated carbocycles. The van der Waals surface area contributed by atoms with Crippen LogP contribution in [0.5, 0.6) is 0 Å². The summed E-state index contributed by atoms with van der Waals surface area (Å²) < 4.78 is 5.40. The van der Waals surface area contributed by atoms with Gasteiger partial charge in [-0.2, -0.15) is 0 Å². The van der Waals surface area contributed by atoms with E-state index in [1.165, 1.54) is 0 Å². The maximum absolute atomic E-state index is 12.0. The third-order valence-corrected chi connectivity index (χ3v) is 3.35. The van der Waals surface area contributed by atoms with Crippen LogP contribution in [0.2, 0.25) is 0 Å². The molecular weight excluding hydrogens is 268 g/mol. The summed E-state index contributed by atoms with van der Waals surface area (Å²) in [6, 6.07) is 0.372. The van der Waals surface area contributed by atoms with Gasteiger partial charge in [-0.05, 0) is 34.1 Å². The van der Waals surface area contributed by atoms with Crippen molar-refractivity contribution in [2.45, 2.75) is 51.8 Å². The number of nitrogens with one attached hydrogen (secondary N) is 1. The van der Waals surface area contributed by atoms with Crippen molar-refractivity contribution in [3.8, 4) is 0 Å². The Balaban J connectivity index is 1.84. The molecule has 6 heteroatoms. The van der Waals surface area contributed by atoms with Gasteiger partial charge in [0, 0.05) is 43.8 Å². The van der Waals surface area contributed by atoms with Crippen molar-refractivity contribution in [1.29, 1.82) is 0 Å². The van der Waals surface area contributed by atoms with Gasteiger partial charge < -0.3 is 15.0 Å². The predicted octanol–water partition coefficient (Wildman–Crippen LogP) is 2.14. The number of carbonyl (C=O) groups is 1. The predicted molar refractivity (Wildman–Crippen MR) is 79.8 cm³/mol. The summed E-state index contributed by atoms with van der Waals surface area (Å²) in [5.41, 5.74) is 0.461. The molecule has 0 bridgehead atoms. The number of likely N-dealkylation sites (tertiary alicyclic amines) is 1. The van der Waals surface area contributed by atoms with Crippen LogP contribution in [0.4, 0.5) is 4.79 Å². The number of ether oxygens (including phenoxy) is 1. The largest absolute Gasteiger partial charge is 0.444 e. The zero-order valence-electron chi connectivity index (χ0n) is 13.2. The Kier molecular flexibility index (Phi) is 4.77. The highest BCUT2D eigenvalue weighted by molar-refractivity contribution is 5.68. The van der Waals surface area contributed by atoms with E-state index in [1.807, 2.05) is 20.8 Å². The fourth-order valence-electron chi connectivity index (χ4n) is 2.36. The topological polar surface area (TPSA) is 67.4 Å². The van der Waals surface area contributed by atoms with E-state index in [0.717, 1.165) is 18.7 Å². The van der Waals surface area contributed by atoms with Gasteiger partial charge in [0.15, 0.2) is 0 Å². The minimum Gasteiger partial charge on any atom is -0.444 e. The number of carbonyl (C=O) groups excluding carboxylic acids is 1. The summed E-state index contributed by atoms with van der Waals surface area (Å²) in [7, 11) is 0. The average Bonchev–Trinajstić information content (AvgIpc) is 2.86. The van der Waals surface area contributed by atoms with Crippen LogP contribution in [0.3, 0.4) is 0 Å². The number of hydrogen-bond acceptors (Lipinski definition) is 5. The van der Waals surface area contributed by atoms with Crippen LogP contribution in [0.15, 0.2) is 18.6 Å². The molecule has 2 heterocycles. The molecule has 1 amide bonds. The van der Waals surface area contributed by atoms with E-state index in [9.17, 15) is 4.79 Å². The van der Waals surface area contributed by atoms with Crippen molar-refractivity contribution < 1.29 is 9.53 Å². The van der Waals surface area contributed by atoms with Crippen LogP contribution < -0.4 is 5.32 Å². The maximum Gasteiger partial charge on any atom is 0.410 e. The van der Waals surface area contributed by atoms with Gasteiger partial charge in [0.2, 0.25) is 0 Å². The van der Waals surface area contributed by atoms with Crippen LogP contribution >= 0.6 is 0 Å². The molecule has 0 unspecified atom stereocenters. The third kappa shape index (κ3) is 4.67. The summed E-state index contributed by atoms with van der Waals surface area (Å²) in [4.78, 5) is 22.1. The van der Waals surface area contributed by atoms with Gasteiger partial charge in [-0.15, -0.1) is 0 Å². The van der Waals surface area contributed by atoms with E-state index in [0.29, 0.717) is 6.54 Å². The van der Waals surface area contributed by atoms with Crippen molar-refractivity contribution in [3.05, 3.63) is 24.3 Å². The molecule has 0 aromatic carbocycles. The minimum atomic E-state index is -0.449. The molecule has 1 N–H and O–H groups in total. The normalized spacial score (nSPS) is 20.4. The second-order valence-corrected chi connectivity index (χ2v) is 6.43. The smallest absolute Gasteiger partial charge is 0.410 e. The van der Waals surface area contributed by atoms with Crippen molar-refractivity contribution in [1.82, 2.24) is 20.2 Å². The Morgan fingerprint density at radius 2 is 2.24 bits per heavy atom. The van der Waals surface area contributed by atoms with Crippen LogP contribution in [0.25, 0.3) is 0 Å². The Morgan fingerprint density at radius 1 is 1.48 bits per heavy atom. The van der Waals surface area contributed by atoms with Crippen LogP contribution in [0.1, 0.15) is 45.9 Å². The molecule has 1 aromatic rings. The summed E-state index contributed by atoms with van der Waals surface area (Å²) in [6.07, 6.45) is 5.80. The molecule has 1 fully saturated rings. The van der Waals surface area contributed by atoms with Crippen molar-refractivity contribution in [3.63, 3.8) is 0 Å². The zero-order chi connectivity index (χ0) is 15.5. The summed E-state index contributed by atoms with van der Waals surface area (Å²) in [5, 5.41) is 3.49. The number of nitrogens with zero attached hydrogens (tertiary/aromatic N) is 3.